The lowest BCUT2D eigenvalue weighted by Gasteiger charge is -2.18. The molecule has 0 radical (unpaired) electrons. The number of aromatic nitrogens is 5. The average molecular weight is 247 g/mol. The zero-order valence-corrected chi connectivity index (χ0v) is 10.5. The molecular weight excluding hydrogens is 230 g/mol. The van der Waals surface area contributed by atoms with Crippen LogP contribution >= 0.6 is 0 Å². The van der Waals surface area contributed by atoms with Crippen LogP contribution in [-0.4, -0.2) is 24.5 Å². The molecule has 18 heavy (non-hydrogen) atoms. The van der Waals surface area contributed by atoms with Crippen molar-refractivity contribution in [3.63, 3.8) is 0 Å². The Morgan fingerprint density at radius 3 is 2.39 bits per heavy atom. The minimum atomic E-state index is -0.00917. The Morgan fingerprint density at radius 1 is 1.22 bits per heavy atom. The van der Waals surface area contributed by atoms with E-state index in [9.17, 15) is 0 Å². The number of nitrogen functional groups attached to an aromatic ring is 2. The maximum absolute atomic E-state index is 5.62. The summed E-state index contributed by atoms with van der Waals surface area (Å²) >= 11 is 0. The predicted molar refractivity (Wildman–Crippen MR) is 68.7 cm³/mol. The van der Waals surface area contributed by atoms with Gasteiger partial charge in [-0.15, -0.1) is 0 Å². The number of nitrogens with two attached hydrogens (primary N) is 2. The Hall–Kier alpha value is -2.18. The van der Waals surface area contributed by atoms with Crippen LogP contribution in [-0.2, 0) is 0 Å². The summed E-state index contributed by atoms with van der Waals surface area (Å²) < 4.78 is 2.03. The summed E-state index contributed by atoms with van der Waals surface area (Å²) in [6, 6.07) is -0.00917. The van der Waals surface area contributed by atoms with Gasteiger partial charge in [-0.05, 0) is 13.3 Å². The molecule has 2 aromatic rings. The molecular formula is C11H17N7. The molecule has 96 valence electrons. The SMILES string of the molecule is CCCC(c1nc(N)nc(N)n1)n1ccnc1C. The molecule has 0 aliphatic rings. The molecule has 1 unspecified atom stereocenters. The van der Waals surface area contributed by atoms with Crippen LogP contribution in [0.5, 0.6) is 0 Å². The quantitative estimate of drug-likeness (QED) is 0.831. The molecule has 0 saturated carbocycles. The Balaban J connectivity index is 2.44. The van der Waals surface area contributed by atoms with Gasteiger partial charge in [-0.25, -0.2) is 4.98 Å². The number of nitrogens with zero attached hydrogens (tertiary/aromatic N) is 5. The van der Waals surface area contributed by atoms with Gasteiger partial charge in [-0.3, -0.25) is 0 Å². The van der Waals surface area contributed by atoms with Crippen molar-refractivity contribution in [1.29, 1.82) is 0 Å². The van der Waals surface area contributed by atoms with Gasteiger partial charge in [-0.2, -0.15) is 15.0 Å². The van der Waals surface area contributed by atoms with Crippen LogP contribution in [0.1, 0.15) is 37.5 Å². The van der Waals surface area contributed by atoms with E-state index in [2.05, 4.69) is 26.9 Å². The molecule has 2 rings (SSSR count). The number of hydrogen-bond acceptors (Lipinski definition) is 6. The van der Waals surface area contributed by atoms with E-state index in [-0.39, 0.29) is 17.9 Å². The molecule has 0 spiro atoms. The van der Waals surface area contributed by atoms with E-state index in [0.717, 1.165) is 18.7 Å². The van der Waals surface area contributed by atoms with Crippen molar-refractivity contribution in [2.45, 2.75) is 32.7 Å². The monoisotopic (exact) mass is 247 g/mol. The third-order valence-corrected chi connectivity index (χ3v) is 2.75. The maximum Gasteiger partial charge on any atom is 0.225 e. The second-order valence-electron chi connectivity index (χ2n) is 4.10. The molecule has 0 amide bonds. The Morgan fingerprint density at radius 2 is 1.89 bits per heavy atom. The molecule has 7 heteroatoms. The van der Waals surface area contributed by atoms with E-state index >= 15 is 0 Å². The number of imidazole rings is 1. The van der Waals surface area contributed by atoms with Gasteiger partial charge in [0.05, 0.1) is 6.04 Å². The average Bonchev–Trinajstić information content (AvgIpc) is 2.71. The molecule has 0 aromatic carbocycles. The second kappa shape index (κ2) is 4.99. The zero-order chi connectivity index (χ0) is 13.1. The van der Waals surface area contributed by atoms with Crippen LogP contribution < -0.4 is 11.5 Å². The first-order valence-corrected chi connectivity index (χ1v) is 5.88. The van der Waals surface area contributed by atoms with E-state index in [1.807, 2.05) is 17.7 Å². The van der Waals surface area contributed by atoms with Gasteiger partial charge in [0.15, 0.2) is 5.82 Å². The highest BCUT2D eigenvalue weighted by Gasteiger charge is 2.18. The topological polar surface area (TPSA) is 109 Å². The molecule has 0 bridgehead atoms. The number of aryl methyl sites for hydroxylation is 1. The Bertz CT molecular complexity index is 514. The van der Waals surface area contributed by atoms with Gasteiger partial charge in [0.1, 0.15) is 5.82 Å². The molecule has 0 fully saturated rings. The van der Waals surface area contributed by atoms with Crippen LogP contribution in [0.3, 0.4) is 0 Å². The number of rotatable bonds is 4. The van der Waals surface area contributed by atoms with Gasteiger partial charge in [0, 0.05) is 12.4 Å². The molecule has 2 aromatic heterocycles. The van der Waals surface area contributed by atoms with Crippen molar-refractivity contribution >= 4 is 11.9 Å². The van der Waals surface area contributed by atoms with Crippen molar-refractivity contribution < 1.29 is 0 Å². The minimum Gasteiger partial charge on any atom is -0.368 e. The van der Waals surface area contributed by atoms with E-state index in [4.69, 9.17) is 11.5 Å². The minimum absolute atomic E-state index is 0.00917. The first-order chi connectivity index (χ1) is 8.61. The highest BCUT2D eigenvalue weighted by atomic mass is 15.2. The van der Waals surface area contributed by atoms with Crippen molar-refractivity contribution in [3.8, 4) is 0 Å². The summed E-state index contributed by atoms with van der Waals surface area (Å²) in [7, 11) is 0. The standard InChI is InChI=1S/C11H17N7/c1-3-4-8(18-6-5-14-7(18)2)9-15-10(12)17-11(13)16-9/h5-6,8H,3-4H2,1-2H3,(H4,12,13,15,16,17). The van der Waals surface area contributed by atoms with E-state index in [1.54, 1.807) is 6.20 Å². The lowest BCUT2D eigenvalue weighted by atomic mass is 10.1. The van der Waals surface area contributed by atoms with Crippen molar-refractivity contribution in [1.82, 2.24) is 24.5 Å². The highest BCUT2D eigenvalue weighted by Crippen LogP contribution is 2.22. The van der Waals surface area contributed by atoms with Gasteiger partial charge in [0.2, 0.25) is 11.9 Å². The van der Waals surface area contributed by atoms with Crippen LogP contribution in [0.25, 0.3) is 0 Å². The third-order valence-electron chi connectivity index (χ3n) is 2.75. The van der Waals surface area contributed by atoms with E-state index in [1.165, 1.54) is 0 Å². The summed E-state index contributed by atoms with van der Waals surface area (Å²) in [5.41, 5.74) is 11.2. The number of hydrogen-bond donors (Lipinski definition) is 2. The van der Waals surface area contributed by atoms with E-state index in [0.29, 0.717) is 5.82 Å². The summed E-state index contributed by atoms with van der Waals surface area (Å²) in [6.07, 6.45) is 5.55. The molecule has 0 aliphatic heterocycles. The Kier molecular flexibility index (Phi) is 3.40. The van der Waals surface area contributed by atoms with Gasteiger partial charge in [-0.1, -0.05) is 13.3 Å². The fourth-order valence-electron chi connectivity index (χ4n) is 1.96. The fourth-order valence-corrected chi connectivity index (χ4v) is 1.96. The smallest absolute Gasteiger partial charge is 0.225 e. The molecule has 2 heterocycles. The van der Waals surface area contributed by atoms with Crippen molar-refractivity contribution in [3.05, 3.63) is 24.0 Å². The van der Waals surface area contributed by atoms with Crippen molar-refractivity contribution in [2.75, 3.05) is 11.5 Å². The first kappa shape index (κ1) is 12.3. The lowest BCUT2D eigenvalue weighted by Crippen LogP contribution is -2.17. The largest absolute Gasteiger partial charge is 0.368 e. The maximum atomic E-state index is 5.62. The van der Waals surface area contributed by atoms with Crippen LogP contribution in [0.4, 0.5) is 11.9 Å². The molecule has 4 N–H and O–H groups in total. The first-order valence-electron chi connectivity index (χ1n) is 5.88. The zero-order valence-electron chi connectivity index (χ0n) is 10.5. The summed E-state index contributed by atoms with van der Waals surface area (Å²) in [5, 5.41) is 0. The normalized spacial score (nSPS) is 12.6. The Labute approximate surface area is 105 Å². The predicted octanol–water partition coefficient (Wildman–Crippen LogP) is 0.930. The molecule has 0 aliphatic carbocycles. The van der Waals surface area contributed by atoms with Crippen LogP contribution in [0.2, 0.25) is 0 Å². The summed E-state index contributed by atoms with van der Waals surface area (Å²) in [6.45, 7) is 4.05. The second-order valence-corrected chi connectivity index (χ2v) is 4.10. The molecule has 0 saturated heterocycles. The van der Waals surface area contributed by atoms with E-state index < -0.39 is 0 Å². The lowest BCUT2D eigenvalue weighted by molar-refractivity contribution is 0.495. The summed E-state index contributed by atoms with van der Waals surface area (Å²) in [4.78, 5) is 16.4. The van der Waals surface area contributed by atoms with Crippen molar-refractivity contribution in [2.24, 2.45) is 0 Å². The third kappa shape index (κ3) is 2.39. The number of anilines is 2. The van der Waals surface area contributed by atoms with Gasteiger partial charge in [0.25, 0.3) is 0 Å². The van der Waals surface area contributed by atoms with Gasteiger partial charge < -0.3 is 16.0 Å². The fraction of sp³-hybridized carbons (Fsp3) is 0.455. The van der Waals surface area contributed by atoms with Crippen LogP contribution in [0.15, 0.2) is 12.4 Å². The highest BCUT2D eigenvalue weighted by molar-refractivity contribution is 5.27. The van der Waals surface area contributed by atoms with Gasteiger partial charge >= 0.3 is 0 Å². The molecule has 7 nitrogen and oxygen atoms in total. The van der Waals surface area contributed by atoms with Crippen LogP contribution in [0, 0.1) is 6.92 Å². The molecule has 1 atom stereocenters. The summed E-state index contributed by atoms with van der Waals surface area (Å²) in [5.74, 6) is 1.79.